The van der Waals surface area contributed by atoms with E-state index >= 15 is 0 Å². The lowest BCUT2D eigenvalue weighted by molar-refractivity contribution is -0.137. The Hall–Kier alpha value is -4.28. The number of ether oxygens (including phenoxy) is 2. The molecule has 16 heteroatoms. The Morgan fingerprint density at radius 2 is 2.06 bits per heavy atom. The third-order valence-electron chi connectivity index (χ3n) is 9.80. The molecule has 48 heavy (non-hydrogen) atoms. The number of hydrogen-bond acceptors (Lipinski definition) is 10. The normalized spacial score (nSPS) is 24.8. The summed E-state index contributed by atoms with van der Waals surface area (Å²) >= 11 is 0. The number of halogens is 4. The van der Waals surface area contributed by atoms with Crippen LogP contribution in [0.25, 0.3) is 44.4 Å². The SMILES string of the molecule is Cc1cc2[nH]ncc2c(-c2nn(C)c3c2oc2nc(OC[C@@]45CCCN4C/C(=C\F)C5)nc(N4CCOC[C@@](C)(O)C4)c23)c1C(F)(F)F. The van der Waals surface area contributed by atoms with Crippen molar-refractivity contribution in [3.63, 3.8) is 0 Å². The smallest absolute Gasteiger partial charge is 0.417 e. The van der Waals surface area contributed by atoms with E-state index in [4.69, 9.17) is 18.9 Å². The third-order valence-corrected chi connectivity index (χ3v) is 9.80. The van der Waals surface area contributed by atoms with Gasteiger partial charge in [-0.25, -0.2) is 4.39 Å². The molecule has 0 amide bonds. The highest BCUT2D eigenvalue weighted by molar-refractivity contribution is 6.13. The summed E-state index contributed by atoms with van der Waals surface area (Å²) in [5, 5.41) is 23.1. The number of nitrogens with one attached hydrogen (secondary N) is 1. The van der Waals surface area contributed by atoms with Crippen molar-refractivity contribution in [3.8, 4) is 17.3 Å². The molecule has 2 N–H and O–H groups in total. The fourth-order valence-corrected chi connectivity index (χ4v) is 7.79. The van der Waals surface area contributed by atoms with Crippen LogP contribution in [0.2, 0.25) is 0 Å². The maximum atomic E-state index is 14.7. The molecule has 4 aromatic heterocycles. The molecule has 1 aromatic carbocycles. The summed E-state index contributed by atoms with van der Waals surface area (Å²) in [5.41, 5.74) is -0.952. The van der Waals surface area contributed by atoms with Crippen LogP contribution in [0.5, 0.6) is 6.01 Å². The monoisotopic (exact) mass is 670 g/mol. The van der Waals surface area contributed by atoms with Crippen molar-refractivity contribution in [1.82, 2.24) is 34.8 Å². The number of furan rings is 1. The van der Waals surface area contributed by atoms with Gasteiger partial charge in [-0.05, 0) is 56.9 Å². The van der Waals surface area contributed by atoms with Gasteiger partial charge >= 0.3 is 12.2 Å². The van der Waals surface area contributed by atoms with Crippen molar-refractivity contribution in [3.05, 3.63) is 35.3 Å². The Bertz CT molecular complexity index is 2100. The van der Waals surface area contributed by atoms with E-state index in [1.165, 1.54) is 23.9 Å². The molecule has 3 aliphatic rings. The number of benzene rings is 1. The van der Waals surface area contributed by atoms with Gasteiger partial charge in [0.25, 0.3) is 0 Å². The molecule has 0 radical (unpaired) electrons. The first-order valence-corrected chi connectivity index (χ1v) is 15.8. The first kappa shape index (κ1) is 31.0. The van der Waals surface area contributed by atoms with Gasteiger partial charge in [0.1, 0.15) is 34.6 Å². The predicted molar refractivity (Wildman–Crippen MR) is 167 cm³/mol. The van der Waals surface area contributed by atoms with Gasteiger partial charge in [-0.15, -0.1) is 0 Å². The van der Waals surface area contributed by atoms with Crippen molar-refractivity contribution in [2.45, 2.75) is 50.4 Å². The predicted octanol–water partition coefficient (Wildman–Crippen LogP) is 5.04. The highest BCUT2D eigenvalue weighted by Gasteiger charge is 2.47. The Morgan fingerprint density at radius 3 is 2.85 bits per heavy atom. The number of aryl methyl sites for hydroxylation is 2. The molecule has 0 aliphatic carbocycles. The molecular weight excluding hydrogens is 636 g/mol. The maximum absolute atomic E-state index is 14.7. The number of aromatic amines is 1. The first-order valence-electron chi connectivity index (χ1n) is 15.8. The Balaban J connectivity index is 1.32. The summed E-state index contributed by atoms with van der Waals surface area (Å²) in [6, 6.07) is 1.41. The molecule has 3 saturated heterocycles. The number of fused-ring (bicyclic) bond motifs is 5. The molecule has 5 aromatic rings. The lowest BCUT2D eigenvalue weighted by Crippen LogP contribution is -2.43. The van der Waals surface area contributed by atoms with E-state index in [-0.39, 0.29) is 59.3 Å². The number of H-pyrrole nitrogens is 1. The molecule has 254 valence electrons. The van der Waals surface area contributed by atoms with Gasteiger partial charge in [0.15, 0.2) is 5.58 Å². The quantitative estimate of drug-likeness (QED) is 0.246. The van der Waals surface area contributed by atoms with Crippen LogP contribution in [-0.4, -0.2) is 97.1 Å². The summed E-state index contributed by atoms with van der Waals surface area (Å²) in [6.45, 7) is 5.53. The number of hydrogen-bond donors (Lipinski definition) is 2. The highest BCUT2D eigenvalue weighted by atomic mass is 19.4. The lowest BCUT2D eigenvalue weighted by Gasteiger charge is -2.31. The molecule has 3 fully saturated rings. The zero-order valence-electron chi connectivity index (χ0n) is 26.6. The second kappa shape index (κ2) is 10.9. The van der Waals surface area contributed by atoms with Crippen molar-refractivity contribution >= 4 is 38.9 Å². The summed E-state index contributed by atoms with van der Waals surface area (Å²) < 4.78 is 77.2. The van der Waals surface area contributed by atoms with Crippen LogP contribution in [-0.2, 0) is 18.0 Å². The summed E-state index contributed by atoms with van der Waals surface area (Å²) in [5.74, 6) is 0.361. The number of rotatable bonds is 5. The number of aliphatic hydroxyl groups is 1. The van der Waals surface area contributed by atoms with Crippen LogP contribution >= 0.6 is 0 Å². The summed E-state index contributed by atoms with van der Waals surface area (Å²) in [6.07, 6.45) is -0.369. The minimum atomic E-state index is -4.70. The zero-order chi connectivity index (χ0) is 33.6. The van der Waals surface area contributed by atoms with E-state index in [0.29, 0.717) is 60.3 Å². The molecule has 0 unspecified atom stereocenters. The molecule has 0 spiro atoms. The van der Waals surface area contributed by atoms with E-state index in [2.05, 4.69) is 25.2 Å². The number of alkyl halides is 3. The minimum Gasteiger partial charge on any atom is -0.461 e. The fourth-order valence-electron chi connectivity index (χ4n) is 7.79. The number of aromatic nitrogens is 6. The van der Waals surface area contributed by atoms with Crippen LogP contribution in [0.1, 0.15) is 37.3 Å². The average molecular weight is 671 g/mol. The van der Waals surface area contributed by atoms with Gasteiger partial charge in [-0.1, -0.05) is 0 Å². The highest BCUT2D eigenvalue weighted by Crippen LogP contribution is 2.47. The van der Waals surface area contributed by atoms with Crippen LogP contribution in [0.4, 0.5) is 23.4 Å². The van der Waals surface area contributed by atoms with E-state index < -0.39 is 22.9 Å². The Morgan fingerprint density at radius 1 is 1.23 bits per heavy atom. The minimum absolute atomic E-state index is 0.00135. The Labute approximate surface area is 271 Å². The van der Waals surface area contributed by atoms with Gasteiger partial charge in [-0.3, -0.25) is 14.7 Å². The standard InChI is InChI=1S/C32H34F4N8O4/c1-17-9-20-19(12-37-40-20)21(23(17)32(34,35)36)24-26-25(42(3)41-24)22-27(43-7-8-46-15-30(2,45)14-43)38-29(39-28(22)48-26)47-16-31-5-4-6-44(31)13-18(10-31)11-33/h9,11-12,45H,4-8,10,13-16H2,1-3H3,(H,37,40)/b18-11-/t30-,31-/m0/s1. The lowest BCUT2D eigenvalue weighted by atomic mass is 9.94. The topological polar surface area (TPSA) is 131 Å². The summed E-state index contributed by atoms with van der Waals surface area (Å²) in [7, 11) is 1.62. The van der Waals surface area contributed by atoms with Gasteiger partial charge in [0, 0.05) is 31.1 Å². The Kier molecular flexibility index (Phi) is 7.02. The molecule has 2 atom stereocenters. The average Bonchev–Trinajstić information content (AvgIpc) is 3.81. The van der Waals surface area contributed by atoms with Gasteiger partial charge < -0.3 is 23.9 Å². The van der Waals surface area contributed by atoms with Gasteiger partial charge in [0.2, 0.25) is 5.71 Å². The van der Waals surface area contributed by atoms with Crippen molar-refractivity contribution in [1.29, 1.82) is 0 Å². The number of anilines is 1. The number of nitrogens with zero attached hydrogens (tertiary/aromatic N) is 7. The maximum Gasteiger partial charge on any atom is 0.417 e. The van der Waals surface area contributed by atoms with Crippen LogP contribution in [0.15, 0.2) is 28.6 Å². The van der Waals surface area contributed by atoms with Gasteiger partial charge in [-0.2, -0.15) is 33.3 Å². The van der Waals surface area contributed by atoms with Crippen LogP contribution in [0.3, 0.4) is 0 Å². The molecule has 0 saturated carbocycles. The van der Waals surface area contributed by atoms with Crippen LogP contribution in [0, 0.1) is 6.92 Å². The molecule has 0 bridgehead atoms. The van der Waals surface area contributed by atoms with E-state index in [1.54, 1.807) is 14.0 Å². The molecule has 3 aliphatic heterocycles. The summed E-state index contributed by atoms with van der Waals surface area (Å²) in [4.78, 5) is 13.5. The van der Waals surface area contributed by atoms with Crippen molar-refractivity contribution < 1.29 is 36.6 Å². The zero-order valence-corrected chi connectivity index (χ0v) is 26.6. The van der Waals surface area contributed by atoms with Crippen LogP contribution < -0.4 is 9.64 Å². The fraction of sp³-hybridized carbons (Fsp3) is 0.500. The molecule has 12 nitrogen and oxygen atoms in total. The first-order chi connectivity index (χ1) is 22.9. The van der Waals surface area contributed by atoms with E-state index in [0.717, 1.165) is 19.4 Å². The third kappa shape index (κ3) is 4.91. The second-order valence-corrected chi connectivity index (χ2v) is 13.5. The number of β-amino-alcohol motifs (C(OH)–C–C–N with tert-alkyl or cyclic N) is 1. The van der Waals surface area contributed by atoms with E-state index in [9.17, 15) is 22.7 Å². The van der Waals surface area contributed by atoms with Crippen molar-refractivity contribution in [2.75, 3.05) is 50.9 Å². The second-order valence-electron chi connectivity index (χ2n) is 13.5. The molecular formula is C32H34F4N8O4. The van der Waals surface area contributed by atoms with Gasteiger partial charge in [0.05, 0.1) is 48.9 Å². The van der Waals surface area contributed by atoms with Crippen molar-refractivity contribution in [2.24, 2.45) is 7.05 Å². The molecule has 7 heterocycles. The molecule has 8 rings (SSSR count). The largest absolute Gasteiger partial charge is 0.461 e. The van der Waals surface area contributed by atoms with E-state index in [1.807, 2.05) is 4.90 Å².